The third-order valence-electron chi connectivity index (χ3n) is 2.72. The number of aryl methyl sites for hydroxylation is 1. The molecular formula is C14H14N2O2. The van der Waals surface area contributed by atoms with E-state index in [4.69, 9.17) is 0 Å². The molecule has 0 saturated heterocycles. The summed E-state index contributed by atoms with van der Waals surface area (Å²) in [5.41, 5.74) is 2.01. The van der Waals surface area contributed by atoms with E-state index in [2.05, 4.69) is 16.5 Å². The number of benzene rings is 1. The summed E-state index contributed by atoms with van der Waals surface area (Å²) in [6.07, 6.45) is 0.521. The monoisotopic (exact) mass is 242 g/mol. The topological polar surface area (TPSA) is 66.0 Å². The Kier molecular flexibility index (Phi) is 3.28. The van der Waals surface area contributed by atoms with Gasteiger partial charge in [-0.15, -0.1) is 0 Å². The molecule has 2 rings (SSSR count). The molecule has 0 saturated carbocycles. The molecule has 0 bridgehead atoms. The molecule has 0 spiro atoms. The van der Waals surface area contributed by atoms with Gasteiger partial charge in [0.25, 0.3) is 5.56 Å². The van der Waals surface area contributed by atoms with Crippen LogP contribution < -0.4 is 5.56 Å². The minimum Gasteiger partial charge on any atom is -0.505 e. The van der Waals surface area contributed by atoms with Crippen LogP contribution in [0.25, 0.3) is 5.76 Å². The molecule has 4 heteroatoms. The minimum absolute atomic E-state index is 0.120. The number of rotatable bonds is 3. The molecule has 0 unspecified atom stereocenters. The van der Waals surface area contributed by atoms with Crippen molar-refractivity contribution in [2.75, 3.05) is 0 Å². The van der Waals surface area contributed by atoms with Crippen LogP contribution >= 0.6 is 0 Å². The molecule has 0 aliphatic carbocycles. The fraction of sp³-hybridized carbons (Fsp3) is 0.143. The van der Waals surface area contributed by atoms with Gasteiger partial charge < -0.3 is 10.1 Å². The maximum Gasteiger partial charge on any atom is 0.255 e. The van der Waals surface area contributed by atoms with Crippen LogP contribution in [0.4, 0.5) is 0 Å². The molecule has 0 amide bonds. The molecule has 92 valence electrons. The van der Waals surface area contributed by atoms with Crippen molar-refractivity contribution in [2.24, 2.45) is 0 Å². The second kappa shape index (κ2) is 4.87. The van der Waals surface area contributed by atoms with Gasteiger partial charge in [0.15, 0.2) is 11.6 Å². The zero-order valence-corrected chi connectivity index (χ0v) is 10.1. The molecule has 0 aliphatic heterocycles. The summed E-state index contributed by atoms with van der Waals surface area (Å²) in [6, 6.07) is 9.69. The van der Waals surface area contributed by atoms with E-state index in [1.54, 1.807) is 6.92 Å². The lowest BCUT2D eigenvalue weighted by molar-refractivity contribution is 0.505. The number of hydrogen-bond acceptors (Lipinski definition) is 3. The smallest absolute Gasteiger partial charge is 0.255 e. The molecular weight excluding hydrogens is 228 g/mol. The van der Waals surface area contributed by atoms with Gasteiger partial charge in [0.05, 0.1) is 0 Å². The predicted octanol–water partition coefficient (Wildman–Crippen LogP) is 2.20. The molecule has 0 radical (unpaired) electrons. The second-order valence-corrected chi connectivity index (χ2v) is 4.09. The number of H-pyrrole nitrogens is 1. The molecule has 4 nitrogen and oxygen atoms in total. The van der Waals surface area contributed by atoms with Crippen molar-refractivity contribution in [3.63, 3.8) is 0 Å². The average Bonchev–Trinajstić information content (AvgIpc) is 2.34. The molecule has 2 N–H and O–H groups in total. The minimum atomic E-state index is -0.239. The summed E-state index contributed by atoms with van der Waals surface area (Å²) in [4.78, 5) is 18.6. The highest BCUT2D eigenvalue weighted by Crippen LogP contribution is 2.09. The van der Waals surface area contributed by atoms with Crippen LogP contribution in [0.2, 0.25) is 0 Å². The van der Waals surface area contributed by atoms with Crippen LogP contribution in [0, 0.1) is 6.92 Å². The average molecular weight is 242 g/mol. The van der Waals surface area contributed by atoms with E-state index in [1.165, 1.54) is 0 Å². The largest absolute Gasteiger partial charge is 0.505 e. The van der Waals surface area contributed by atoms with Crippen molar-refractivity contribution in [1.82, 2.24) is 9.97 Å². The van der Waals surface area contributed by atoms with Crippen LogP contribution in [-0.2, 0) is 6.42 Å². The third kappa shape index (κ3) is 2.48. The van der Waals surface area contributed by atoms with Crippen molar-refractivity contribution >= 4 is 5.76 Å². The van der Waals surface area contributed by atoms with Gasteiger partial charge in [0, 0.05) is 17.7 Å². The quantitative estimate of drug-likeness (QED) is 0.811. The van der Waals surface area contributed by atoms with Crippen LogP contribution in [-0.4, -0.2) is 15.1 Å². The highest BCUT2D eigenvalue weighted by atomic mass is 16.3. The molecule has 2 aromatic rings. The number of aromatic amines is 1. The van der Waals surface area contributed by atoms with Gasteiger partial charge in [-0.2, -0.15) is 0 Å². The number of nitrogens with zero attached hydrogens (tertiary/aromatic N) is 1. The van der Waals surface area contributed by atoms with Gasteiger partial charge in [0.2, 0.25) is 0 Å². The number of aliphatic hydroxyl groups is 1. The van der Waals surface area contributed by atoms with Gasteiger partial charge in [-0.05, 0) is 12.5 Å². The van der Waals surface area contributed by atoms with E-state index in [1.807, 2.05) is 30.3 Å². The van der Waals surface area contributed by atoms with Crippen LogP contribution in [0.1, 0.15) is 22.6 Å². The first-order chi connectivity index (χ1) is 8.58. The fourth-order valence-corrected chi connectivity index (χ4v) is 1.76. The van der Waals surface area contributed by atoms with E-state index in [0.29, 0.717) is 17.7 Å². The van der Waals surface area contributed by atoms with Gasteiger partial charge in [-0.3, -0.25) is 4.79 Å². The zero-order valence-electron chi connectivity index (χ0n) is 10.1. The molecule has 0 aliphatic rings. The summed E-state index contributed by atoms with van der Waals surface area (Å²) in [5.74, 6) is -0.115. The Morgan fingerprint density at radius 1 is 1.39 bits per heavy atom. The summed E-state index contributed by atoms with van der Waals surface area (Å²) in [6.45, 7) is 5.09. The molecule has 0 atom stereocenters. The van der Waals surface area contributed by atoms with E-state index in [0.717, 1.165) is 5.56 Å². The maximum atomic E-state index is 11.9. The molecule has 1 aromatic carbocycles. The Bertz CT molecular complexity index is 630. The summed E-state index contributed by atoms with van der Waals surface area (Å²) >= 11 is 0. The first kappa shape index (κ1) is 12.1. The lowest BCUT2D eigenvalue weighted by Crippen LogP contribution is -2.19. The maximum absolute atomic E-state index is 11.9. The van der Waals surface area contributed by atoms with Crippen molar-refractivity contribution < 1.29 is 5.11 Å². The molecule has 18 heavy (non-hydrogen) atoms. The van der Waals surface area contributed by atoms with Crippen LogP contribution in [0.5, 0.6) is 0 Å². The van der Waals surface area contributed by atoms with Gasteiger partial charge in [-0.25, -0.2) is 4.98 Å². The van der Waals surface area contributed by atoms with Gasteiger partial charge in [0.1, 0.15) is 0 Å². The van der Waals surface area contributed by atoms with Crippen molar-refractivity contribution in [1.29, 1.82) is 0 Å². The Labute approximate surface area is 105 Å². The zero-order chi connectivity index (χ0) is 13.1. The summed E-state index contributed by atoms with van der Waals surface area (Å²) in [5, 5.41) is 9.23. The Hall–Kier alpha value is -2.36. The lowest BCUT2D eigenvalue weighted by atomic mass is 10.1. The highest BCUT2D eigenvalue weighted by Gasteiger charge is 2.10. The normalized spacial score (nSPS) is 10.3. The van der Waals surface area contributed by atoms with Crippen molar-refractivity contribution in [3.05, 3.63) is 69.9 Å². The van der Waals surface area contributed by atoms with Crippen molar-refractivity contribution in [3.8, 4) is 0 Å². The Morgan fingerprint density at radius 3 is 2.61 bits per heavy atom. The number of nitrogens with one attached hydrogen (secondary N) is 1. The summed E-state index contributed by atoms with van der Waals surface area (Å²) < 4.78 is 0. The summed E-state index contributed by atoms with van der Waals surface area (Å²) in [7, 11) is 0. The second-order valence-electron chi connectivity index (χ2n) is 4.09. The van der Waals surface area contributed by atoms with E-state index < -0.39 is 0 Å². The van der Waals surface area contributed by atoms with Gasteiger partial charge in [-0.1, -0.05) is 36.9 Å². The lowest BCUT2D eigenvalue weighted by Gasteiger charge is -2.06. The molecule has 0 fully saturated rings. The van der Waals surface area contributed by atoms with E-state index >= 15 is 0 Å². The number of aromatic nitrogens is 2. The van der Waals surface area contributed by atoms with E-state index in [9.17, 15) is 9.90 Å². The Balaban J connectivity index is 2.41. The highest BCUT2D eigenvalue weighted by molar-refractivity contribution is 5.47. The SMILES string of the molecule is C=C(O)c1nc(C)c(Cc2ccccc2)c(=O)[nH]1. The molecule has 1 aromatic heterocycles. The van der Waals surface area contributed by atoms with E-state index in [-0.39, 0.29) is 17.1 Å². The first-order valence-corrected chi connectivity index (χ1v) is 5.60. The van der Waals surface area contributed by atoms with Gasteiger partial charge >= 0.3 is 0 Å². The number of aliphatic hydroxyl groups excluding tert-OH is 1. The fourth-order valence-electron chi connectivity index (χ4n) is 1.76. The van der Waals surface area contributed by atoms with Crippen molar-refractivity contribution in [2.45, 2.75) is 13.3 Å². The third-order valence-corrected chi connectivity index (χ3v) is 2.72. The first-order valence-electron chi connectivity index (χ1n) is 5.60. The number of hydrogen-bond donors (Lipinski definition) is 2. The molecule has 1 heterocycles. The van der Waals surface area contributed by atoms with Crippen LogP contribution in [0.3, 0.4) is 0 Å². The Morgan fingerprint density at radius 2 is 2.06 bits per heavy atom. The standard InChI is InChI=1S/C14H14N2O2/c1-9-12(8-11-6-4-3-5-7-11)14(18)16-13(15-9)10(2)17/h3-7,17H,2,8H2,1H3,(H,15,16,18). The predicted molar refractivity (Wildman–Crippen MR) is 70.5 cm³/mol. The van der Waals surface area contributed by atoms with Crippen LogP contribution in [0.15, 0.2) is 41.7 Å².